The van der Waals surface area contributed by atoms with E-state index in [1.165, 1.54) is 51.7 Å². The van der Waals surface area contributed by atoms with Crippen LogP contribution in [-0.4, -0.2) is 36.6 Å². The molecule has 1 aliphatic heterocycles. The third kappa shape index (κ3) is 4.26. The van der Waals surface area contributed by atoms with Gasteiger partial charge in [-0.15, -0.1) is 0 Å². The summed E-state index contributed by atoms with van der Waals surface area (Å²) in [6.45, 7) is 10.9. The summed E-state index contributed by atoms with van der Waals surface area (Å²) in [6.07, 6.45) is 7.16. The lowest BCUT2D eigenvalue weighted by Gasteiger charge is -2.32. The van der Waals surface area contributed by atoms with Crippen molar-refractivity contribution in [3.8, 4) is 0 Å². The van der Waals surface area contributed by atoms with Crippen molar-refractivity contribution in [1.29, 1.82) is 0 Å². The average Bonchev–Trinajstić information content (AvgIpc) is 2.92. The van der Waals surface area contributed by atoms with Crippen LogP contribution in [0.4, 0.5) is 0 Å². The first kappa shape index (κ1) is 13.4. The largest absolute Gasteiger partial charge is 0.313 e. The molecule has 1 N–H and O–H groups in total. The Labute approximate surface area is 107 Å². The van der Waals surface area contributed by atoms with Crippen LogP contribution in [0.2, 0.25) is 0 Å². The third-order valence-electron chi connectivity index (χ3n) is 4.44. The van der Waals surface area contributed by atoms with E-state index in [2.05, 4.69) is 31.0 Å². The molecule has 100 valence electrons. The molecule has 0 radical (unpaired) electrons. The Morgan fingerprint density at radius 2 is 1.76 bits per heavy atom. The minimum atomic E-state index is 0.714. The first-order valence-electron chi connectivity index (χ1n) is 7.64. The highest BCUT2D eigenvalue weighted by atomic mass is 15.2. The molecule has 0 bridgehead atoms. The molecule has 1 heterocycles. The maximum Gasteiger partial charge on any atom is 0.0243 e. The van der Waals surface area contributed by atoms with Gasteiger partial charge in [-0.2, -0.15) is 0 Å². The molecule has 0 aromatic carbocycles. The molecule has 2 aliphatic rings. The molecule has 1 saturated carbocycles. The van der Waals surface area contributed by atoms with Crippen molar-refractivity contribution in [3.63, 3.8) is 0 Å². The van der Waals surface area contributed by atoms with E-state index in [1.54, 1.807) is 0 Å². The monoisotopic (exact) mass is 238 g/mol. The first-order chi connectivity index (χ1) is 8.16. The molecule has 2 atom stereocenters. The summed E-state index contributed by atoms with van der Waals surface area (Å²) in [6, 6.07) is 1.46. The number of hydrogen-bond acceptors (Lipinski definition) is 2. The fourth-order valence-electron chi connectivity index (χ4n) is 3.12. The predicted octanol–water partition coefficient (Wildman–Crippen LogP) is 2.89. The number of likely N-dealkylation sites (tertiary alicyclic amines) is 1. The lowest BCUT2D eigenvalue weighted by Crippen LogP contribution is -2.46. The molecule has 0 spiro atoms. The zero-order valence-corrected chi connectivity index (χ0v) is 11.9. The summed E-state index contributed by atoms with van der Waals surface area (Å²) in [5, 5.41) is 3.77. The van der Waals surface area contributed by atoms with Crippen molar-refractivity contribution in [1.82, 2.24) is 10.2 Å². The van der Waals surface area contributed by atoms with Crippen LogP contribution in [0.25, 0.3) is 0 Å². The van der Waals surface area contributed by atoms with Gasteiger partial charge in [0.15, 0.2) is 0 Å². The van der Waals surface area contributed by atoms with Gasteiger partial charge in [0, 0.05) is 18.6 Å². The van der Waals surface area contributed by atoms with Crippen molar-refractivity contribution in [2.45, 2.75) is 65.0 Å². The Hall–Kier alpha value is -0.0800. The van der Waals surface area contributed by atoms with Gasteiger partial charge in [0.1, 0.15) is 0 Å². The molecular weight excluding hydrogens is 208 g/mol. The zero-order valence-electron chi connectivity index (χ0n) is 11.9. The molecule has 2 fully saturated rings. The average molecular weight is 238 g/mol. The minimum Gasteiger partial charge on any atom is -0.313 e. The van der Waals surface area contributed by atoms with E-state index in [-0.39, 0.29) is 0 Å². The normalized spacial score (nSPS) is 25.4. The van der Waals surface area contributed by atoms with E-state index >= 15 is 0 Å². The molecule has 2 heteroatoms. The van der Waals surface area contributed by atoms with Gasteiger partial charge in [-0.05, 0) is 51.1 Å². The predicted molar refractivity (Wildman–Crippen MR) is 74.2 cm³/mol. The lowest BCUT2D eigenvalue weighted by molar-refractivity contribution is 0.182. The Bertz CT molecular complexity index is 217. The van der Waals surface area contributed by atoms with Crippen molar-refractivity contribution < 1.29 is 0 Å². The van der Waals surface area contributed by atoms with Crippen LogP contribution in [-0.2, 0) is 0 Å². The molecule has 2 nitrogen and oxygen atoms in total. The summed E-state index contributed by atoms with van der Waals surface area (Å²) in [5.41, 5.74) is 0. The van der Waals surface area contributed by atoms with Crippen molar-refractivity contribution in [2.75, 3.05) is 19.6 Å². The first-order valence-corrected chi connectivity index (χ1v) is 7.64. The fourth-order valence-corrected chi connectivity index (χ4v) is 3.12. The number of nitrogens with zero attached hydrogens (tertiary/aromatic N) is 1. The maximum atomic E-state index is 3.77. The van der Waals surface area contributed by atoms with Gasteiger partial charge in [-0.25, -0.2) is 0 Å². The molecule has 2 rings (SSSR count). The van der Waals surface area contributed by atoms with Crippen LogP contribution >= 0.6 is 0 Å². The standard InChI is InChI=1S/C15H30N2/c1-12(2)15(17-8-4-5-9-17)11-16-13(3)10-14-6-7-14/h12-16H,4-11H2,1-3H3. The minimum absolute atomic E-state index is 0.714. The van der Waals surface area contributed by atoms with Gasteiger partial charge >= 0.3 is 0 Å². The number of rotatable bonds is 7. The molecule has 0 amide bonds. The van der Waals surface area contributed by atoms with E-state index in [0.29, 0.717) is 6.04 Å². The zero-order chi connectivity index (χ0) is 12.3. The number of hydrogen-bond donors (Lipinski definition) is 1. The quantitative estimate of drug-likeness (QED) is 0.733. The fraction of sp³-hybridized carbons (Fsp3) is 1.00. The van der Waals surface area contributed by atoms with Crippen LogP contribution in [0, 0.1) is 11.8 Å². The maximum absolute atomic E-state index is 3.77. The van der Waals surface area contributed by atoms with E-state index in [0.717, 1.165) is 17.9 Å². The smallest absolute Gasteiger partial charge is 0.0243 e. The molecule has 2 unspecified atom stereocenters. The Kier molecular flexibility index (Phi) is 4.87. The van der Waals surface area contributed by atoms with Crippen molar-refractivity contribution in [3.05, 3.63) is 0 Å². The van der Waals surface area contributed by atoms with Crippen LogP contribution in [0.15, 0.2) is 0 Å². The molecule has 1 saturated heterocycles. The summed E-state index contributed by atoms with van der Waals surface area (Å²) in [7, 11) is 0. The highest BCUT2D eigenvalue weighted by Crippen LogP contribution is 2.33. The van der Waals surface area contributed by atoms with Gasteiger partial charge in [0.05, 0.1) is 0 Å². The second kappa shape index (κ2) is 6.19. The lowest BCUT2D eigenvalue weighted by atomic mass is 10.0. The van der Waals surface area contributed by atoms with Crippen molar-refractivity contribution >= 4 is 0 Å². The van der Waals surface area contributed by atoms with Crippen LogP contribution in [0.3, 0.4) is 0 Å². The van der Waals surface area contributed by atoms with E-state index < -0.39 is 0 Å². The van der Waals surface area contributed by atoms with E-state index in [1.807, 2.05) is 0 Å². The second-order valence-electron chi connectivity index (χ2n) is 6.54. The topological polar surface area (TPSA) is 15.3 Å². The molecule has 0 aromatic rings. The van der Waals surface area contributed by atoms with Gasteiger partial charge in [-0.3, -0.25) is 4.90 Å². The van der Waals surface area contributed by atoms with E-state index in [4.69, 9.17) is 0 Å². The molecule has 17 heavy (non-hydrogen) atoms. The SMILES string of the molecule is CC(CC1CC1)NCC(C(C)C)N1CCCC1. The summed E-state index contributed by atoms with van der Waals surface area (Å²) < 4.78 is 0. The highest BCUT2D eigenvalue weighted by molar-refractivity contribution is 4.83. The van der Waals surface area contributed by atoms with Gasteiger partial charge in [0.25, 0.3) is 0 Å². The second-order valence-corrected chi connectivity index (χ2v) is 6.54. The Balaban J connectivity index is 1.72. The van der Waals surface area contributed by atoms with Crippen molar-refractivity contribution in [2.24, 2.45) is 11.8 Å². The van der Waals surface area contributed by atoms with Gasteiger partial charge in [-0.1, -0.05) is 26.7 Å². The Morgan fingerprint density at radius 3 is 2.29 bits per heavy atom. The highest BCUT2D eigenvalue weighted by Gasteiger charge is 2.26. The van der Waals surface area contributed by atoms with E-state index in [9.17, 15) is 0 Å². The van der Waals surface area contributed by atoms with Crippen LogP contribution in [0.5, 0.6) is 0 Å². The summed E-state index contributed by atoms with van der Waals surface area (Å²) in [5.74, 6) is 1.82. The van der Waals surface area contributed by atoms with Gasteiger partial charge < -0.3 is 5.32 Å². The summed E-state index contributed by atoms with van der Waals surface area (Å²) >= 11 is 0. The Morgan fingerprint density at radius 1 is 1.12 bits per heavy atom. The van der Waals surface area contributed by atoms with Crippen LogP contribution in [0.1, 0.15) is 52.9 Å². The third-order valence-corrected chi connectivity index (χ3v) is 4.44. The number of nitrogens with one attached hydrogen (secondary N) is 1. The molecule has 1 aliphatic carbocycles. The molecule has 0 aromatic heterocycles. The summed E-state index contributed by atoms with van der Waals surface area (Å²) in [4.78, 5) is 2.70. The van der Waals surface area contributed by atoms with Crippen LogP contribution < -0.4 is 5.32 Å². The van der Waals surface area contributed by atoms with Gasteiger partial charge in [0.2, 0.25) is 0 Å². The molecular formula is C15H30N2.